The fourth-order valence-electron chi connectivity index (χ4n) is 1.75. The van der Waals surface area contributed by atoms with Crippen molar-refractivity contribution in [2.24, 2.45) is 11.1 Å². The topological polar surface area (TPSA) is 52.3 Å². The van der Waals surface area contributed by atoms with E-state index in [-0.39, 0.29) is 5.91 Å². The van der Waals surface area contributed by atoms with Gasteiger partial charge in [-0.1, -0.05) is 32.0 Å². The first kappa shape index (κ1) is 13.6. The number of carbonyl (C=O) groups is 1. The summed E-state index contributed by atoms with van der Waals surface area (Å²) in [6.45, 7) is 3.77. The third-order valence-electron chi connectivity index (χ3n) is 3.11. The molecule has 0 atom stereocenters. The van der Waals surface area contributed by atoms with Gasteiger partial charge in [0.1, 0.15) is 5.75 Å². The molecule has 0 aromatic heterocycles. The van der Waals surface area contributed by atoms with Gasteiger partial charge in [0.2, 0.25) is 5.91 Å². The maximum atomic E-state index is 11.2. The van der Waals surface area contributed by atoms with Crippen LogP contribution in [0.3, 0.4) is 0 Å². The smallest absolute Gasteiger partial charge is 0.223 e. The van der Waals surface area contributed by atoms with Crippen LogP contribution in [-0.2, 0) is 11.2 Å². The number of hydrogen-bond donors (Lipinski definition) is 1. The average Bonchev–Trinajstić information content (AvgIpc) is 2.29. The molecular formula is C14H21NO2. The summed E-state index contributed by atoms with van der Waals surface area (Å²) in [6.07, 6.45) is 2.62. The molecule has 94 valence electrons. The standard InChI is InChI=1S/C14H21NO2/c1-14(2,13(15)16)10-6-8-11-7-4-5-9-12(11)17-3/h4-5,7,9H,6,8,10H2,1-3H3,(H2,15,16). The van der Waals surface area contributed by atoms with Gasteiger partial charge >= 0.3 is 0 Å². The van der Waals surface area contributed by atoms with Gasteiger partial charge in [-0.2, -0.15) is 0 Å². The highest BCUT2D eigenvalue weighted by Crippen LogP contribution is 2.25. The number of ether oxygens (including phenoxy) is 1. The van der Waals surface area contributed by atoms with Crippen LogP contribution in [-0.4, -0.2) is 13.0 Å². The molecule has 17 heavy (non-hydrogen) atoms. The third kappa shape index (κ3) is 3.77. The van der Waals surface area contributed by atoms with Crippen molar-refractivity contribution >= 4 is 5.91 Å². The molecule has 1 aromatic rings. The van der Waals surface area contributed by atoms with Gasteiger partial charge in [0.25, 0.3) is 0 Å². The molecule has 0 aliphatic heterocycles. The Labute approximate surface area is 103 Å². The number of aryl methyl sites for hydroxylation is 1. The van der Waals surface area contributed by atoms with Gasteiger partial charge in [-0.25, -0.2) is 0 Å². The lowest BCUT2D eigenvalue weighted by Crippen LogP contribution is -2.31. The molecule has 0 fully saturated rings. The van der Waals surface area contributed by atoms with Crippen LogP contribution < -0.4 is 10.5 Å². The van der Waals surface area contributed by atoms with E-state index in [0.717, 1.165) is 25.0 Å². The van der Waals surface area contributed by atoms with Gasteiger partial charge in [0, 0.05) is 5.41 Å². The number of nitrogens with two attached hydrogens (primary N) is 1. The van der Waals surface area contributed by atoms with Gasteiger partial charge in [-0.05, 0) is 30.9 Å². The minimum Gasteiger partial charge on any atom is -0.496 e. The summed E-state index contributed by atoms with van der Waals surface area (Å²) in [5, 5.41) is 0. The zero-order valence-corrected chi connectivity index (χ0v) is 10.8. The number of hydrogen-bond acceptors (Lipinski definition) is 2. The Kier molecular flexibility index (Phi) is 4.55. The van der Waals surface area contributed by atoms with Crippen molar-refractivity contribution in [3.63, 3.8) is 0 Å². The third-order valence-corrected chi connectivity index (χ3v) is 3.11. The number of methoxy groups -OCH3 is 1. The van der Waals surface area contributed by atoms with Crippen molar-refractivity contribution in [1.29, 1.82) is 0 Å². The van der Waals surface area contributed by atoms with Gasteiger partial charge in [-0.3, -0.25) is 4.79 Å². The molecule has 0 heterocycles. The predicted octanol–water partition coefficient (Wildman–Crippen LogP) is 2.53. The van der Waals surface area contributed by atoms with Gasteiger partial charge in [-0.15, -0.1) is 0 Å². The second kappa shape index (κ2) is 5.71. The molecule has 3 nitrogen and oxygen atoms in total. The van der Waals surface area contributed by atoms with Crippen LogP contribution in [0.1, 0.15) is 32.3 Å². The number of benzene rings is 1. The van der Waals surface area contributed by atoms with Gasteiger partial charge in [0.05, 0.1) is 7.11 Å². The summed E-state index contributed by atoms with van der Waals surface area (Å²) in [4.78, 5) is 11.2. The van der Waals surface area contributed by atoms with Crippen molar-refractivity contribution in [3.8, 4) is 5.75 Å². The molecule has 3 heteroatoms. The highest BCUT2D eigenvalue weighted by atomic mass is 16.5. The summed E-state index contributed by atoms with van der Waals surface area (Å²) >= 11 is 0. The van der Waals surface area contributed by atoms with E-state index in [0.29, 0.717) is 0 Å². The molecule has 1 rings (SSSR count). The maximum Gasteiger partial charge on any atom is 0.223 e. The lowest BCUT2D eigenvalue weighted by atomic mass is 9.86. The quantitative estimate of drug-likeness (QED) is 0.823. The van der Waals surface area contributed by atoms with E-state index in [9.17, 15) is 4.79 Å². The molecule has 0 aliphatic rings. The largest absolute Gasteiger partial charge is 0.496 e. The van der Waals surface area contributed by atoms with E-state index in [1.165, 1.54) is 5.56 Å². The first-order valence-electron chi connectivity index (χ1n) is 5.89. The molecular weight excluding hydrogens is 214 g/mol. The van der Waals surface area contributed by atoms with Crippen LogP contribution in [0.25, 0.3) is 0 Å². The van der Waals surface area contributed by atoms with Crippen LogP contribution in [0.15, 0.2) is 24.3 Å². The van der Waals surface area contributed by atoms with E-state index < -0.39 is 5.41 Å². The van der Waals surface area contributed by atoms with E-state index in [1.54, 1.807) is 7.11 Å². The molecule has 2 N–H and O–H groups in total. The van der Waals surface area contributed by atoms with E-state index in [2.05, 4.69) is 6.07 Å². The zero-order valence-electron chi connectivity index (χ0n) is 10.8. The highest BCUT2D eigenvalue weighted by molar-refractivity contribution is 5.79. The first-order valence-corrected chi connectivity index (χ1v) is 5.89. The number of carbonyl (C=O) groups excluding carboxylic acids is 1. The van der Waals surface area contributed by atoms with Gasteiger partial charge < -0.3 is 10.5 Å². The predicted molar refractivity (Wildman–Crippen MR) is 68.9 cm³/mol. The SMILES string of the molecule is COc1ccccc1CCCC(C)(C)C(N)=O. The monoisotopic (exact) mass is 235 g/mol. The summed E-state index contributed by atoms with van der Waals surface area (Å²) in [6, 6.07) is 7.96. The van der Waals surface area contributed by atoms with Crippen molar-refractivity contribution in [1.82, 2.24) is 0 Å². The van der Waals surface area contributed by atoms with Crippen LogP contribution in [0, 0.1) is 5.41 Å². The highest BCUT2D eigenvalue weighted by Gasteiger charge is 2.24. The molecule has 0 radical (unpaired) electrons. The Bertz CT molecular complexity index is 386. The van der Waals surface area contributed by atoms with Crippen molar-refractivity contribution in [3.05, 3.63) is 29.8 Å². The molecule has 1 amide bonds. The fourth-order valence-corrected chi connectivity index (χ4v) is 1.75. The molecule has 1 aromatic carbocycles. The number of para-hydroxylation sites is 1. The minimum absolute atomic E-state index is 0.238. The van der Waals surface area contributed by atoms with Gasteiger partial charge in [0.15, 0.2) is 0 Å². The van der Waals surface area contributed by atoms with Crippen LogP contribution >= 0.6 is 0 Å². The van der Waals surface area contributed by atoms with E-state index in [4.69, 9.17) is 10.5 Å². The van der Waals surface area contributed by atoms with Crippen molar-refractivity contribution in [2.75, 3.05) is 7.11 Å². The Balaban J connectivity index is 2.54. The number of primary amides is 1. The summed E-state index contributed by atoms with van der Waals surface area (Å²) < 4.78 is 5.28. The lowest BCUT2D eigenvalue weighted by molar-refractivity contribution is -0.126. The summed E-state index contributed by atoms with van der Waals surface area (Å²) in [7, 11) is 1.67. The second-order valence-corrected chi connectivity index (χ2v) is 4.91. The number of rotatable bonds is 6. The summed E-state index contributed by atoms with van der Waals surface area (Å²) in [5.74, 6) is 0.668. The Morgan fingerprint density at radius 3 is 2.59 bits per heavy atom. The van der Waals surface area contributed by atoms with Crippen molar-refractivity contribution < 1.29 is 9.53 Å². The minimum atomic E-state index is -0.429. The van der Waals surface area contributed by atoms with Crippen molar-refractivity contribution in [2.45, 2.75) is 33.1 Å². The lowest BCUT2D eigenvalue weighted by Gasteiger charge is -2.20. The number of amides is 1. The average molecular weight is 235 g/mol. The first-order chi connectivity index (χ1) is 7.97. The molecule has 0 bridgehead atoms. The van der Waals surface area contributed by atoms with E-state index >= 15 is 0 Å². The molecule has 0 saturated heterocycles. The second-order valence-electron chi connectivity index (χ2n) is 4.91. The zero-order chi connectivity index (χ0) is 12.9. The molecule has 0 unspecified atom stereocenters. The van der Waals surface area contributed by atoms with Crippen LogP contribution in [0.2, 0.25) is 0 Å². The Hall–Kier alpha value is -1.51. The molecule has 0 aliphatic carbocycles. The fraction of sp³-hybridized carbons (Fsp3) is 0.500. The molecule has 0 saturated carbocycles. The normalized spacial score (nSPS) is 11.2. The summed E-state index contributed by atoms with van der Waals surface area (Å²) in [5.41, 5.74) is 6.09. The Morgan fingerprint density at radius 2 is 2.00 bits per heavy atom. The maximum absolute atomic E-state index is 11.2. The van der Waals surface area contributed by atoms with Crippen LogP contribution in [0.5, 0.6) is 5.75 Å². The Morgan fingerprint density at radius 1 is 1.35 bits per heavy atom. The van der Waals surface area contributed by atoms with Crippen LogP contribution in [0.4, 0.5) is 0 Å². The molecule has 0 spiro atoms. The van der Waals surface area contributed by atoms with E-state index in [1.807, 2.05) is 32.0 Å².